The fraction of sp³-hybridized carbons (Fsp3) is 0.133. The smallest absolute Gasteiger partial charge is 0.423 e. The molecule has 0 aliphatic heterocycles. The number of nitrogens with one attached hydrogen (secondary N) is 1. The Morgan fingerprint density at radius 2 is 1.81 bits per heavy atom. The topological polar surface area (TPSA) is 69.1 Å². The first kappa shape index (κ1) is 14.6. The third-order valence-electron chi connectivity index (χ3n) is 3.40. The molecule has 2 aromatic carbocycles. The number of hydrogen-bond donors (Lipinski definition) is 3. The molecule has 0 spiro atoms. The van der Waals surface area contributed by atoms with Gasteiger partial charge in [-0.1, -0.05) is 59.0 Å². The van der Waals surface area contributed by atoms with Gasteiger partial charge in [0.25, 0.3) is 0 Å². The number of fused-ring (bicyclic) bond motifs is 1. The summed E-state index contributed by atoms with van der Waals surface area (Å²) in [4.78, 5) is 7.96. The lowest BCUT2D eigenvalue weighted by Crippen LogP contribution is -2.29. The number of imidazole rings is 1. The Morgan fingerprint density at radius 3 is 2.48 bits per heavy atom. The second kappa shape index (κ2) is 6.17. The van der Waals surface area contributed by atoms with E-state index in [1.54, 1.807) is 12.1 Å². The zero-order chi connectivity index (χ0) is 14.8. The molecule has 0 bridgehead atoms. The predicted octanol–water partition coefficient (Wildman–Crippen LogP) is 1.96. The van der Waals surface area contributed by atoms with Crippen LogP contribution in [-0.4, -0.2) is 27.1 Å². The average molecular weight is 392 g/mol. The van der Waals surface area contributed by atoms with E-state index in [0.717, 1.165) is 28.8 Å². The number of aromatic amines is 1. The third kappa shape index (κ3) is 3.28. The maximum atomic E-state index is 9.09. The number of benzene rings is 2. The van der Waals surface area contributed by atoms with E-state index in [2.05, 4.69) is 32.6 Å². The second-order valence-corrected chi connectivity index (χ2v) is 6.43. The molecule has 0 aliphatic carbocycles. The summed E-state index contributed by atoms with van der Waals surface area (Å²) in [5.41, 5.74) is 3.67. The standard InChI is InChI=1S/C15H14BIN2O2/c17-12(9-10-5-7-11(8-6-10)16(20)21)15-18-13-3-1-2-4-14(13)19-15/h1-8,12,20-21H,9H2,(H,18,19)/t12-/m0/s1. The number of H-pyrrole nitrogens is 1. The summed E-state index contributed by atoms with van der Waals surface area (Å²) in [6.45, 7) is 0. The molecule has 3 N–H and O–H groups in total. The van der Waals surface area contributed by atoms with E-state index in [1.165, 1.54) is 0 Å². The van der Waals surface area contributed by atoms with Gasteiger partial charge in [0, 0.05) is 0 Å². The number of aromatic nitrogens is 2. The number of nitrogens with zero attached hydrogens (tertiary/aromatic N) is 1. The summed E-state index contributed by atoms with van der Waals surface area (Å²) >= 11 is 2.38. The quantitative estimate of drug-likeness (QED) is 0.362. The summed E-state index contributed by atoms with van der Waals surface area (Å²) in [6.07, 6.45) is 0.836. The Hall–Kier alpha value is -1.38. The van der Waals surface area contributed by atoms with Crippen molar-refractivity contribution in [3.8, 4) is 0 Å². The molecule has 1 atom stereocenters. The van der Waals surface area contributed by atoms with Crippen LogP contribution in [0.25, 0.3) is 11.0 Å². The fourth-order valence-electron chi connectivity index (χ4n) is 2.25. The van der Waals surface area contributed by atoms with Gasteiger partial charge in [-0.3, -0.25) is 0 Å². The molecule has 6 heteroatoms. The van der Waals surface area contributed by atoms with Gasteiger partial charge in [-0.15, -0.1) is 0 Å². The van der Waals surface area contributed by atoms with Crippen molar-refractivity contribution < 1.29 is 10.0 Å². The largest absolute Gasteiger partial charge is 0.488 e. The first-order valence-electron chi connectivity index (χ1n) is 6.67. The van der Waals surface area contributed by atoms with E-state index in [0.29, 0.717) is 5.46 Å². The van der Waals surface area contributed by atoms with E-state index in [-0.39, 0.29) is 3.92 Å². The van der Waals surface area contributed by atoms with Crippen LogP contribution < -0.4 is 5.46 Å². The first-order chi connectivity index (χ1) is 10.1. The molecule has 21 heavy (non-hydrogen) atoms. The number of rotatable bonds is 4. The first-order valence-corrected chi connectivity index (χ1v) is 7.92. The van der Waals surface area contributed by atoms with Crippen molar-refractivity contribution in [1.82, 2.24) is 9.97 Å². The number of para-hydroxylation sites is 2. The van der Waals surface area contributed by atoms with Crippen molar-refractivity contribution in [1.29, 1.82) is 0 Å². The molecule has 0 radical (unpaired) electrons. The minimum Gasteiger partial charge on any atom is -0.423 e. The molecule has 0 amide bonds. The van der Waals surface area contributed by atoms with Crippen LogP contribution in [0.3, 0.4) is 0 Å². The van der Waals surface area contributed by atoms with Crippen LogP contribution >= 0.6 is 22.6 Å². The highest BCUT2D eigenvalue weighted by Gasteiger charge is 2.14. The van der Waals surface area contributed by atoms with Gasteiger partial charge >= 0.3 is 7.12 Å². The van der Waals surface area contributed by atoms with Gasteiger partial charge in [-0.2, -0.15) is 0 Å². The van der Waals surface area contributed by atoms with Gasteiger partial charge in [0.1, 0.15) is 5.82 Å². The molecule has 0 saturated heterocycles. The van der Waals surface area contributed by atoms with Gasteiger partial charge in [-0.05, 0) is 29.6 Å². The Labute approximate surface area is 136 Å². The maximum Gasteiger partial charge on any atom is 0.488 e. The van der Waals surface area contributed by atoms with Gasteiger partial charge in [-0.25, -0.2) is 4.98 Å². The van der Waals surface area contributed by atoms with Crippen molar-refractivity contribution in [2.45, 2.75) is 10.3 Å². The zero-order valence-electron chi connectivity index (χ0n) is 11.2. The normalized spacial score (nSPS) is 12.5. The SMILES string of the molecule is OB(O)c1ccc(C[C@H](I)c2nc3ccccc3[nH]2)cc1. The highest BCUT2D eigenvalue weighted by molar-refractivity contribution is 14.1. The second-order valence-electron chi connectivity index (χ2n) is 4.93. The van der Waals surface area contributed by atoms with Crippen LogP contribution in [0.4, 0.5) is 0 Å². The van der Waals surface area contributed by atoms with Gasteiger partial charge < -0.3 is 15.0 Å². The maximum absolute atomic E-state index is 9.09. The van der Waals surface area contributed by atoms with Gasteiger partial charge in [0.2, 0.25) is 0 Å². The molecular formula is C15H14BIN2O2. The summed E-state index contributed by atoms with van der Waals surface area (Å²) in [5.74, 6) is 0.961. The molecule has 3 aromatic rings. The van der Waals surface area contributed by atoms with Crippen molar-refractivity contribution in [2.75, 3.05) is 0 Å². The highest BCUT2D eigenvalue weighted by Crippen LogP contribution is 2.27. The van der Waals surface area contributed by atoms with E-state index in [9.17, 15) is 0 Å². The minimum absolute atomic E-state index is 0.236. The Bertz CT molecular complexity index is 710. The van der Waals surface area contributed by atoms with Gasteiger partial charge in [0.05, 0.1) is 15.0 Å². The van der Waals surface area contributed by atoms with E-state index < -0.39 is 7.12 Å². The van der Waals surface area contributed by atoms with E-state index in [1.807, 2.05) is 36.4 Å². The summed E-state index contributed by atoms with van der Waals surface area (Å²) in [6, 6.07) is 15.3. The lowest BCUT2D eigenvalue weighted by molar-refractivity contribution is 0.426. The van der Waals surface area contributed by atoms with Crippen molar-refractivity contribution in [3.05, 3.63) is 59.9 Å². The highest BCUT2D eigenvalue weighted by atomic mass is 127. The van der Waals surface area contributed by atoms with Crippen LogP contribution in [0.1, 0.15) is 15.3 Å². The number of alkyl halides is 1. The lowest BCUT2D eigenvalue weighted by Gasteiger charge is -2.08. The third-order valence-corrected chi connectivity index (χ3v) is 4.43. The van der Waals surface area contributed by atoms with Crippen molar-refractivity contribution in [2.24, 2.45) is 0 Å². The lowest BCUT2D eigenvalue weighted by atomic mass is 9.80. The average Bonchev–Trinajstić information content (AvgIpc) is 2.92. The van der Waals surface area contributed by atoms with E-state index >= 15 is 0 Å². The number of halogens is 1. The van der Waals surface area contributed by atoms with Crippen LogP contribution in [0.2, 0.25) is 0 Å². The predicted molar refractivity (Wildman–Crippen MR) is 92.8 cm³/mol. The monoisotopic (exact) mass is 392 g/mol. The zero-order valence-corrected chi connectivity index (χ0v) is 13.4. The van der Waals surface area contributed by atoms with Crippen LogP contribution in [0, 0.1) is 0 Å². The number of hydrogen-bond acceptors (Lipinski definition) is 3. The molecule has 1 heterocycles. The van der Waals surface area contributed by atoms with Crippen LogP contribution in [0.15, 0.2) is 48.5 Å². The molecule has 0 unspecified atom stereocenters. The Kier molecular flexibility index (Phi) is 4.28. The van der Waals surface area contributed by atoms with Crippen LogP contribution in [0.5, 0.6) is 0 Å². The van der Waals surface area contributed by atoms with Crippen molar-refractivity contribution >= 4 is 46.2 Å². The molecule has 1 aromatic heterocycles. The summed E-state index contributed by atoms with van der Waals surface area (Å²) in [7, 11) is -1.41. The van der Waals surface area contributed by atoms with Crippen molar-refractivity contribution in [3.63, 3.8) is 0 Å². The molecule has 0 aliphatic rings. The van der Waals surface area contributed by atoms with Gasteiger partial charge in [0.15, 0.2) is 0 Å². The summed E-state index contributed by atoms with van der Waals surface area (Å²) < 4.78 is 0.236. The molecule has 106 valence electrons. The molecule has 0 fully saturated rings. The fourth-order valence-corrected chi connectivity index (χ4v) is 3.05. The molecule has 0 saturated carbocycles. The summed E-state index contributed by atoms with van der Waals surface area (Å²) in [5, 5.41) is 18.2. The minimum atomic E-state index is -1.41. The van der Waals surface area contributed by atoms with E-state index in [4.69, 9.17) is 10.0 Å². The Balaban J connectivity index is 1.77. The molecular weight excluding hydrogens is 378 g/mol. The van der Waals surface area contributed by atoms with Crippen LogP contribution in [-0.2, 0) is 6.42 Å². The molecule has 3 rings (SSSR count). The Morgan fingerprint density at radius 1 is 1.10 bits per heavy atom. The molecule has 4 nitrogen and oxygen atoms in total.